The van der Waals surface area contributed by atoms with Crippen LogP contribution in [-0.4, -0.2) is 22.0 Å². The SMILES string of the molecule is CCCCCN(C(=O)c1ccccc1C(F)(F)F)c1c(N)n(CCCC)c(=O)[nH]c1=O. The number of nitrogens with one attached hydrogen (secondary N) is 1. The second kappa shape index (κ2) is 10.3. The minimum atomic E-state index is -4.75. The van der Waals surface area contributed by atoms with Crippen LogP contribution in [0.25, 0.3) is 0 Å². The molecule has 0 saturated heterocycles. The van der Waals surface area contributed by atoms with Gasteiger partial charge < -0.3 is 10.6 Å². The lowest BCUT2D eigenvalue weighted by Crippen LogP contribution is -2.42. The largest absolute Gasteiger partial charge is 0.417 e. The molecule has 2 aromatic rings. The van der Waals surface area contributed by atoms with Crippen LogP contribution in [0.3, 0.4) is 0 Å². The van der Waals surface area contributed by atoms with Crippen molar-refractivity contribution in [2.75, 3.05) is 17.2 Å². The minimum Gasteiger partial charge on any atom is -0.383 e. The molecule has 0 radical (unpaired) electrons. The number of amides is 1. The number of benzene rings is 1. The summed E-state index contributed by atoms with van der Waals surface area (Å²) in [6.45, 7) is 4.03. The molecular weight excluding hydrogens is 413 g/mol. The number of nitrogens with two attached hydrogens (primary N) is 1. The van der Waals surface area contributed by atoms with Gasteiger partial charge in [0.1, 0.15) is 5.82 Å². The maximum absolute atomic E-state index is 13.5. The molecule has 0 unspecified atom stereocenters. The van der Waals surface area contributed by atoms with E-state index in [1.807, 2.05) is 13.8 Å². The summed E-state index contributed by atoms with van der Waals surface area (Å²) in [5, 5.41) is 0. The summed E-state index contributed by atoms with van der Waals surface area (Å²) in [7, 11) is 0. The highest BCUT2D eigenvalue weighted by Crippen LogP contribution is 2.33. The average Bonchev–Trinajstić information content (AvgIpc) is 2.71. The zero-order valence-electron chi connectivity index (χ0n) is 17.6. The summed E-state index contributed by atoms with van der Waals surface area (Å²) in [5.41, 5.74) is 2.46. The first-order valence-electron chi connectivity index (χ1n) is 10.2. The van der Waals surface area contributed by atoms with Crippen LogP contribution < -0.4 is 21.9 Å². The summed E-state index contributed by atoms with van der Waals surface area (Å²) >= 11 is 0. The van der Waals surface area contributed by atoms with E-state index < -0.39 is 34.5 Å². The van der Waals surface area contributed by atoms with Crippen LogP contribution >= 0.6 is 0 Å². The van der Waals surface area contributed by atoms with Crippen molar-refractivity contribution >= 4 is 17.4 Å². The number of unbranched alkanes of at least 4 members (excludes halogenated alkanes) is 3. The summed E-state index contributed by atoms with van der Waals surface area (Å²) < 4.78 is 41.6. The molecule has 0 spiro atoms. The first-order chi connectivity index (χ1) is 14.6. The van der Waals surface area contributed by atoms with Crippen molar-refractivity contribution in [3.8, 4) is 0 Å². The van der Waals surface area contributed by atoms with E-state index in [-0.39, 0.29) is 24.6 Å². The van der Waals surface area contributed by atoms with Crippen molar-refractivity contribution in [1.82, 2.24) is 9.55 Å². The highest BCUT2D eigenvalue weighted by molar-refractivity contribution is 6.08. The molecule has 1 aromatic carbocycles. The first kappa shape index (κ1) is 24.2. The van der Waals surface area contributed by atoms with Gasteiger partial charge in [-0.3, -0.25) is 19.1 Å². The number of alkyl halides is 3. The van der Waals surface area contributed by atoms with Crippen LogP contribution in [-0.2, 0) is 12.7 Å². The Balaban J connectivity index is 2.65. The molecule has 170 valence electrons. The number of hydrogen-bond acceptors (Lipinski definition) is 4. The number of aromatic amines is 1. The van der Waals surface area contributed by atoms with E-state index in [4.69, 9.17) is 5.73 Å². The van der Waals surface area contributed by atoms with Crippen LogP contribution in [0.1, 0.15) is 61.9 Å². The molecule has 0 aliphatic rings. The van der Waals surface area contributed by atoms with E-state index >= 15 is 0 Å². The molecular formula is C21H27F3N4O3. The van der Waals surface area contributed by atoms with Crippen molar-refractivity contribution in [2.45, 2.75) is 58.7 Å². The molecule has 0 bridgehead atoms. The Morgan fingerprint density at radius 1 is 1.10 bits per heavy atom. The second-order valence-corrected chi connectivity index (χ2v) is 7.21. The van der Waals surface area contributed by atoms with Gasteiger partial charge >= 0.3 is 11.9 Å². The summed E-state index contributed by atoms with van der Waals surface area (Å²) in [4.78, 5) is 41.2. The van der Waals surface area contributed by atoms with E-state index in [0.717, 1.165) is 34.4 Å². The monoisotopic (exact) mass is 440 g/mol. The standard InChI is InChI=1S/C21H27F3N4O3/c1-3-5-9-13-27(19(30)14-10-7-8-11-15(14)21(22,23)24)16-17(25)28(12-6-4-2)20(31)26-18(16)29/h7-8,10-11H,3-6,9,12-13,25H2,1-2H3,(H,26,29,31). The smallest absolute Gasteiger partial charge is 0.383 e. The number of carbonyl (C=O) groups is 1. The Labute approximate surface area is 177 Å². The van der Waals surface area contributed by atoms with Gasteiger partial charge in [-0.05, 0) is 25.0 Å². The number of carbonyl (C=O) groups excluding carboxylic acids is 1. The molecule has 3 N–H and O–H groups in total. The molecule has 0 aliphatic carbocycles. The Kier molecular flexibility index (Phi) is 8.07. The number of aromatic nitrogens is 2. The van der Waals surface area contributed by atoms with Gasteiger partial charge in [0.25, 0.3) is 11.5 Å². The van der Waals surface area contributed by atoms with Crippen molar-refractivity contribution < 1.29 is 18.0 Å². The predicted molar refractivity (Wildman–Crippen MR) is 113 cm³/mol. The zero-order chi connectivity index (χ0) is 23.2. The third kappa shape index (κ3) is 5.56. The normalized spacial score (nSPS) is 11.5. The molecule has 0 atom stereocenters. The Bertz CT molecular complexity index is 1030. The molecule has 10 heteroatoms. The third-order valence-corrected chi connectivity index (χ3v) is 4.91. The maximum atomic E-state index is 13.5. The average molecular weight is 440 g/mol. The Morgan fingerprint density at radius 3 is 2.35 bits per heavy atom. The topological polar surface area (TPSA) is 101 Å². The maximum Gasteiger partial charge on any atom is 0.417 e. The minimum absolute atomic E-state index is 0.0157. The number of rotatable bonds is 9. The van der Waals surface area contributed by atoms with Crippen LogP contribution in [0, 0.1) is 0 Å². The summed E-state index contributed by atoms with van der Waals surface area (Å²) in [5.74, 6) is -1.24. The molecule has 7 nitrogen and oxygen atoms in total. The van der Waals surface area contributed by atoms with Crippen molar-refractivity contribution in [3.63, 3.8) is 0 Å². The van der Waals surface area contributed by atoms with Crippen LogP contribution in [0.5, 0.6) is 0 Å². The fourth-order valence-corrected chi connectivity index (χ4v) is 3.27. The first-order valence-corrected chi connectivity index (χ1v) is 10.2. The number of nitrogens with zero attached hydrogens (tertiary/aromatic N) is 2. The summed E-state index contributed by atoms with van der Waals surface area (Å²) in [6, 6.07) is 4.39. The van der Waals surface area contributed by atoms with Gasteiger partial charge in [-0.15, -0.1) is 0 Å². The number of anilines is 2. The highest BCUT2D eigenvalue weighted by atomic mass is 19.4. The lowest BCUT2D eigenvalue weighted by molar-refractivity contribution is -0.137. The lowest BCUT2D eigenvalue weighted by Gasteiger charge is -2.26. The fourth-order valence-electron chi connectivity index (χ4n) is 3.27. The van der Waals surface area contributed by atoms with Crippen molar-refractivity contribution in [1.29, 1.82) is 0 Å². The van der Waals surface area contributed by atoms with Gasteiger partial charge in [-0.1, -0.05) is 45.2 Å². The molecule has 1 amide bonds. The van der Waals surface area contributed by atoms with E-state index in [1.165, 1.54) is 12.1 Å². The van der Waals surface area contributed by atoms with Crippen LogP contribution in [0.4, 0.5) is 24.7 Å². The van der Waals surface area contributed by atoms with Crippen LogP contribution in [0.15, 0.2) is 33.9 Å². The zero-order valence-corrected chi connectivity index (χ0v) is 17.6. The second-order valence-electron chi connectivity index (χ2n) is 7.21. The lowest BCUT2D eigenvalue weighted by atomic mass is 10.1. The number of nitrogen functional groups attached to an aromatic ring is 1. The molecule has 0 aliphatic heterocycles. The van der Waals surface area contributed by atoms with Crippen molar-refractivity contribution in [2.24, 2.45) is 0 Å². The van der Waals surface area contributed by atoms with Gasteiger partial charge in [-0.2, -0.15) is 13.2 Å². The molecule has 0 saturated carbocycles. The molecule has 2 rings (SSSR count). The molecule has 1 heterocycles. The van der Waals surface area contributed by atoms with Gasteiger partial charge in [0.05, 0.1) is 11.1 Å². The quantitative estimate of drug-likeness (QED) is 0.580. The third-order valence-electron chi connectivity index (χ3n) is 4.91. The number of H-pyrrole nitrogens is 1. The number of hydrogen-bond donors (Lipinski definition) is 2. The highest BCUT2D eigenvalue weighted by Gasteiger charge is 2.37. The number of halogens is 3. The predicted octanol–water partition coefficient (Wildman–Crippen LogP) is 3.77. The van der Waals surface area contributed by atoms with Gasteiger partial charge in [0.15, 0.2) is 5.69 Å². The molecule has 0 fully saturated rings. The summed E-state index contributed by atoms with van der Waals surface area (Å²) in [6.07, 6.45) is -1.47. The Hall–Kier alpha value is -3.04. The van der Waals surface area contributed by atoms with E-state index in [1.54, 1.807) is 0 Å². The van der Waals surface area contributed by atoms with Crippen LogP contribution in [0.2, 0.25) is 0 Å². The van der Waals surface area contributed by atoms with Gasteiger partial charge in [0, 0.05) is 13.1 Å². The fraction of sp³-hybridized carbons (Fsp3) is 0.476. The van der Waals surface area contributed by atoms with Gasteiger partial charge in [0.2, 0.25) is 0 Å². The Morgan fingerprint density at radius 2 is 1.74 bits per heavy atom. The van der Waals surface area contributed by atoms with E-state index in [2.05, 4.69) is 4.98 Å². The van der Waals surface area contributed by atoms with Crippen molar-refractivity contribution in [3.05, 3.63) is 56.2 Å². The van der Waals surface area contributed by atoms with E-state index in [9.17, 15) is 27.6 Å². The molecule has 31 heavy (non-hydrogen) atoms. The van der Waals surface area contributed by atoms with E-state index in [0.29, 0.717) is 19.3 Å². The molecule has 1 aromatic heterocycles. The van der Waals surface area contributed by atoms with Gasteiger partial charge in [-0.25, -0.2) is 4.79 Å².